The Labute approximate surface area is 168 Å². The average Bonchev–Trinajstić information content (AvgIpc) is 2.75. The van der Waals surface area contributed by atoms with Gasteiger partial charge in [-0.25, -0.2) is 4.39 Å². The first kappa shape index (κ1) is 17.6. The third-order valence-electron chi connectivity index (χ3n) is 5.83. The van der Waals surface area contributed by atoms with Crippen molar-refractivity contribution < 1.29 is 14.0 Å². The van der Waals surface area contributed by atoms with E-state index in [0.717, 1.165) is 17.5 Å². The van der Waals surface area contributed by atoms with Gasteiger partial charge in [0.05, 0.1) is 12.0 Å². The zero-order valence-corrected chi connectivity index (χ0v) is 15.6. The van der Waals surface area contributed by atoms with E-state index in [1.54, 1.807) is 18.2 Å². The second-order valence-electron chi connectivity index (χ2n) is 7.45. The minimum absolute atomic E-state index is 0.0362. The van der Waals surface area contributed by atoms with Crippen LogP contribution in [0.25, 0.3) is 0 Å². The van der Waals surface area contributed by atoms with Crippen LogP contribution in [0.5, 0.6) is 0 Å². The summed E-state index contributed by atoms with van der Waals surface area (Å²) >= 11 is 0. The van der Waals surface area contributed by atoms with Crippen molar-refractivity contribution >= 4 is 17.5 Å². The molecule has 4 nitrogen and oxygen atoms in total. The van der Waals surface area contributed by atoms with Crippen molar-refractivity contribution in [1.82, 2.24) is 4.90 Å². The molecule has 3 aromatic rings. The number of hydrogen-bond acceptors (Lipinski definition) is 2. The van der Waals surface area contributed by atoms with E-state index in [-0.39, 0.29) is 23.7 Å². The van der Waals surface area contributed by atoms with Gasteiger partial charge in [0.1, 0.15) is 5.82 Å². The van der Waals surface area contributed by atoms with Crippen LogP contribution >= 0.6 is 0 Å². The smallest absolute Gasteiger partial charge is 0.254 e. The summed E-state index contributed by atoms with van der Waals surface area (Å²) in [6, 6.07) is 20.7. The Balaban J connectivity index is 1.62. The first-order chi connectivity index (χ1) is 14.1. The van der Waals surface area contributed by atoms with Crippen LogP contribution in [0.4, 0.5) is 10.1 Å². The number of amides is 2. The first-order valence-electron chi connectivity index (χ1n) is 9.67. The van der Waals surface area contributed by atoms with Crippen molar-refractivity contribution in [1.29, 1.82) is 0 Å². The maximum atomic E-state index is 13.4. The van der Waals surface area contributed by atoms with Gasteiger partial charge in [-0.1, -0.05) is 42.5 Å². The lowest BCUT2D eigenvalue weighted by Gasteiger charge is -2.45. The summed E-state index contributed by atoms with van der Waals surface area (Å²) in [5.41, 5.74) is 4.01. The molecule has 2 amide bonds. The Morgan fingerprint density at radius 1 is 0.931 bits per heavy atom. The molecule has 29 heavy (non-hydrogen) atoms. The number of nitrogens with zero attached hydrogens (tertiary/aromatic N) is 1. The van der Waals surface area contributed by atoms with Crippen LogP contribution in [-0.4, -0.2) is 23.3 Å². The Morgan fingerprint density at radius 2 is 1.62 bits per heavy atom. The molecular formula is C24H19FN2O2. The molecule has 2 heterocycles. The molecule has 0 aliphatic carbocycles. The van der Waals surface area contributed by atoms with Crippen LogP contribution < -0.4 is 5.32 Å². The normalized spacial score (nSPS) is 19.8. The monoisotopic (exact) mass is 386 g/mol. The number of carbonyl (C=O) groups excluding carboxylic acids is 2. The molecule has 0 radical (unpaired) electrons. The van der Waals surface area contributed by atoms with E-state index in [9.17, 15) is 14.0 Å². The van der Waals surface area contributed by atoms with E-state index in [1.165, 1.54) is 17.7 Å². The fraction of sp³-hybridized carbons (Fsp3) is 0.167. The molecule has 5 heteroatoms. The van der Waals surface area contributed by atoms with E-state index in [0.29, 0.717) is 17.8 Å². The number of anilines is 1. The van der Waals surface area contributed by atoms with E-state index in [4.69, 9.17) is 0 Å². The van der Waals surface area contributed by atoms with Gasteiger partial charge in [0.15, 0.2) is 0 Å². The summed E-state index contributed by atoms with van der Waals surface area (Å²) in [7, 11) is 0. The summed E-state index contributed by atoms with van der Waals surface area (Å²) in [6.45, 7) is 0.579. The van der Waals surface area contributed by atoms with Gasteiger partial charge in [0.2, 0.25) is 5.91 Å². The van der Waals surface area contributed by atoms with Crippen molar-refractivity contribution in [3.63, 3.8) is 0 Å². The maximum absolute atomic E-state index is 13.4. The Hall–Kier alpha value is -3.47. The van der Waals surface area contributed by atoms with E-state index in [2.05, 4.69) is 11.4 Å². The average molecular weight is 386 g/mol. The molecule has 3 aromatic carbocycles. The van der Waals surface area contributed by atoms with E-state index in [1.807, 2.05) is 41.3 Å². The summed E-state index contributed by atoms with van der Waals surface area (Å²) in [5.74, 6) is -1.14. The van der Waals surface area contributed by atoms with Gasteiger partial charge in [-0.2, -0.15) is 0 Å². The van der Waals surface area contributed by atoms with Crippen LogP contribution in [0.1, 0.15) is 39.0 Å². The lowest BCUT2D eigenvalue weighted by molar-refractivity contribution is -0.119. The summed E-state index contributed by atoms with van der Waals surface area (Å²) < 4.78 is 13.2. The highest BCUT2D eigenvalue weighted by molar-refractivity contribution is 6.04. The molecule has 0 unspecified atom stereocenters. The molecule has 2 aliphatic rings. The molecule has 5 rings (SSSR count). The third-order valence-corrected chi connectivity index (χ3v) is 5.83. The molecular weight excluding hydrogens is 367 g/mol. The fourth-order valence-corrected chi connectivity index (χ4v) is 4.51. The van der Waals surface area contributed by atoms with Gasteiger partial charge >= 0.3 is 0 Å². The highest BCUT2D eigenvalue weighted by Gasteiger charge is 2.46. The SMILES string of the molecule is O=C(Nc1ccc(F)cc1)[C@H]1c2ccccc2C(=O)N2CCc3ccccc3[C@@H]12. The molecule has 0 fully saturated rings. The van der Waals surface area contributed by atoms with Gasteiger partial charge < -0.3 is 10.2 Å². The van der Waals surface area contributed by atoms with Crippen LogP contribution in [0.2, 0.25) is 0 Å². The third kappa shape index (κ3) is 2.90. The Kier molecular flexibility index (Phi) is 4.16. The van der Waals surface area contributed by atoms with Crippen molar-refractivity contribution in [2.24, 2.45) is 0 Å². The molecule has 2 aliphatic heterocycles. The summed E-state index contributed by atoms with van der Waals surface area (Å²) in [4.78, 5) is 28.4. The minimum Gasteiger partial charge on any atom is -0.330 e. The number of nitrogens with one attached hydrogen (secondary N) is 1. The second kappa shape index (κ2) is 6.85. The number of fused-ring (bicyclic) bond motifs is 4. The van der Waals surface area contributed by atoms with Crippen molar-refractivity contribution in [3.05, 3.63) is 101 Å². The van der Waals surface area contributed by atoms with Gasteiger partial charge in [-0.05, 0) is 53.4 Å². The van der Waals surface area contributed by atoms with Gasteiger partial charge in [-0.3, -0.25) is 9.59 Å². The zero-order chi connectivity index (χ0) is 20.0. The van der Waals surface area contributed by atoms with Crippen LogP contribution in [0.15, 0.2) is 72.8 Å². The second-order valence-corrected chi connectivity index (χ2v) is 7.45. The zero-order valence-electron chi connectivity index (χ0n) is 15.6. The molecule has 2 atom stereocenters. The van der Waals surface area contributed by atoms with Crippen molar-refractivity contribution in [2.45, 2.75) is 18.4 Å². The lowest BCUT2D eigenvalue weighted by atomic mass is 9.76. The first-order valence-corrected chi connectivity index (χ1v) is 9.67. The number of halogens is 1. The van der Waals surface area contributed by atoms with Crippen LogP contribution in [-0.2, 0) is 11.2 Å². The van der Waals surface area contributed by atoms with Gasteiger partial charge in [0, 0.05) is 17.8 Å². The molecule has 144 valence electrons. The molecule has 0 spiro atoms. The number of carbonyl (C=O) groups is 2. The quantitative estimate of drug-likeness (QED) is 0.714. The summed E-state index contributed by atoms with van der Waals surface area (Å²) in [5, 5.41) is 2.91. The van der Waals surface area contributed by atoms with E-state index >= 15 is 0 Å². The topological polar surface area (TPSA) is 49.4 Å². The summed E-state index contributed by atoms with van der Waals surface area (Å²) in [6.07, 6.45) is 0.771. The largest absolute Gasteiger partial charge is 0.330 e. The fourth-order valence-electron chi connectivity index (χ4n) is 4.51. The predicted molar refractivity (Wildman–Crippen MR) is 108 cm³/mol. The van der Waals surface area contributed by atoms with Crippen LogP contribution in [0, 0.1) is 5.82 Å². The highest BCUT2D eigenvalue weighted by atomic mass is 19.1. The van der Waals surface area contributed by atoms with Crippen molar-refractivity contribution in [2.75, 3.05) is 11.9 Å². The number of benzene rings is 3. The molecule has 0 bridgehead atoms. The number of hydrogen-bond donors (Lipinski definition) is 1. The molecule has 0 saturated heterocycles. The van der Waals surface area contributed by atoms with Crippen LogP contribution in [0.3, 0.4) is 0 Å². The molecule has 0 aromatic heterocycles. The van der Waals surface area contributed by atoms with Gasteiger partial charge in [0.25, 0.3) is 5.91 Å². The van der Waals surface area contributed by atoms with Crippen molar-refractivity contribution in [3.8, 4) is 0 Å². The lowest BCUT2D eigenvalue weighted by Crippen LogP contribution is -2.49. The van der Waals surface area contributed by atoms with E-state index < -0.39 is 5.92 Å². The maximum Gasteiger partial charge on any atom is 0.254 e. The molecule has 1 N–H and O–H groups in total. The Morgan fingerprint density at radius 3 is 2.41 bits per heavy atom. The van der Waals surface area contributed by atoms with Gasteiger partial charge in [-0.15, -0.1) is 0 Å². The minimum atomic E-state index is -0.546. The molecule has 0 saturated carbocycles. The standard InChI is InChI=1S/C24H19FN2O2/c25-16-9-11-17(12-10-16)26-23(28)21-19-7-3-4-8-20(19)24(29)27-14-13-15-5-1-2-6-18(15)22(21)27/h1-12,21-22H,13-14H2,(H,26,28)/t21-,22-/m0/s1. The Bertz CT molecular complexity index is 1110. The highest BCUT2D eigenvalue weighted by Crippen LogP contribution is 2.46. The number of rotatable bonds is 2. The predicted octanol–water partition coefficient (Wildman–Crippen LogP) is 4.30.